The predicted octanol–water partition coefficient (Wildman–Crippen LogP) is 2.36. The summed E-state index contributed by atoms with van der Waals surface area (Å²) in [5, 5.41) is 16.5. The van der Waals surface area contributed by atoms with Crippen molar-refractivity contribution >= 4 is 5.97 Å². The average molecular weight is 237 g/mol. The van der Waals surface area contributed by atoms with Crippen LogP contribution >= 0.6 is 0 Å². The van der Waals surface area contributed by atoms with E-state index < -0.39 is 5.97 Å². The standard InChI is InChI=1S/C12H19N3O2/c1-8-4-9(6-12(2,3)5-8)15-7-10(11(16)17)13-14-15/h7-9H,4-6H2,1-3H3,(H,16,17)/t8-,9+/m1/s1. The maximum absolute atomic E-state index is 10.8. The number of rotatable bonds is 2. The molecule has 0 unspecified atom stereocenters. The largest absolute Gasteiger partial charge is 0.476 e. The third-order valence-electron chi connectivity index (χ3n) is 3.47. The fourth-order valence-electron chi connectivity index (χ4n) is 3.05. The summed E-state index contributed by atoms with van der Waals surface area (Å²) in [7, 11) is 0. The number of carboxylic acid groups (broad SMARTS) is 1. The lowest BCUT2D eigenvalue weighted by Crippen LogP contribution is -2.29. The highest BCUT2D eigenvalue weighted by Gasteiger charge is 2.33. The summed E-state index contributed by atoms with van der Waals surface area (Å²) in [5.41, 5.74) is 0.318. The maximum Gasteiger partial charge on any atom is 0.358 e. The first-order valence-electron chi connectivity index (χ1n) is 6.02. The Hall–Kier alpha value is -1.39. The molecule has 1 heterocycles. The predicted molar refractivity (Wildman–Crippen MR) is 62.8 cm³/mol. The van der Waals surface area contributed by atoms with Crippen LogP contribution in [0.5, 0.6) is 0 Å². The van der Waals surface area contributed by atoms with Crippen LogP contribution in [0.15, 0.2) is 6.20 Å². The molecule has 0 saturated heterocycles. The second-order valence-electron chi connectivity index (χ2n) is 5.96. The summed E-state index contributed by atoms with van der Waals surface area (Å²) in [5.74, 6) is -0.374. The van der Waals surface area contributed by atoms with Gasteiger partial charge in [0.25, 0.3) is 0 Å². The molecule has 94 valence electrons. The highest BCUT2D eigenvalue weighted by molar-refractivity contribution is 5.84. The van der Waals surface area contributed by atoms with Gasteiger partial charge in [-0.3, -0.25) is 0 Å². The Labute approximate surface area is 101 Å². The third-order valence-corrected chi connectivity index (χ3v) is 3.47. The molecule has 0 aromatic carbocycles. The van der Waals surface area contributed by atoms with Crippen LogP contribution in [-0.4, -0.2) is 26.1 Å². The Morgan fingerprint density at radius 3 is 2.76 bits per heavy atom. The van der Waals surface area contributed by atoms with Crippen LogP contribution in [-0.2, 0) is 0 Å². The summed E-state index contributed by atoms with van der Waals surface area (Å²) < 4.78 is 1.72. The molecule has 5 heteroatoms. The number of hydrogen-bond acceptors (Lipinski definition) is 3. The zero-order valence-electron chi connectivity index (χ0n) is 10.6. The van der Waals surface area contributed by atoms with Gasteiger partial charge in [-0.2, -0.15) is 0 Å². The Morgan fingerprint density at radius 2 is 2.24 bits per heavy atom. The van der Waals surface area contributed by atoms with Gasteiger partial charge in [-0.25, -0.2) is 9.48 Å². The van der Waals surface area contributed by atoms with Crippen molar-refractivity contribution in [3.05, 3.63) is 11.9 Å². The fraction of sp³-hybridized carbons (Fsp3) is 0.750. The number of carbonyl (C=O) groups is 1. The fourth-order valence-corrected chi connectivity index (χ4v) is 3.05. The van der Waals surface area contributed by atoms with Crippen LogP contribution in [0.1, 0.15) is 56.6 Å². The monoisotopic (exact) mass is 237 g/mol. The molecule has 1 aliphatic carbocycles. The zero-order valence-corrected chi connectivity index (χ0v) is 10.6. The molecule has 1 aromatic heterocycles. The first kappa shape index (κ1) is 12.1. The summed E-state index contributed by atoms with van der Waals surface area (Å²) >= 11 is 0. The van der Waals surface area contributed by atoms with E-state index in [1.165, 1.54) is 6.42 Å². The second-order valence-corrected chi connectivity index (χ2v) is 5.96. The van der Waals surface area contributed by atoms with Crippen molar-refractivity contribution in [1.29, 1.82) is 0 Å². The van der Waals surface area contributed by atoms with Crippen LogP contribution in [0.4, 0.5) is 0 Å². The lowest BCUT2D eigenvalue weighted by atomic mass is 9.71. The van der Waals surface area contributed by atoms with Gasteiger partial charge in [-0.15, -0.1) is 5.10 Å². The van der Waals surface area contributed by atoms with Crippen LogP contribution in [0.25, 0.3) is 0 Å². The van der Waals surface area contributed by atoms with Gasteiger partial charge in [0.1, 0.15) is 0 Å². The maximum atomic E-state index is 10.8. The molecule has 2 atom stereocenters. The van der Waals surface area contributed by atoms with Crippen LogP contribution < -0.4 is 0 Å². The molecule has 1 aliphatic rings. The molecule has 0 amide bonds. The number of nitrogens with zero attached hydrogens (tertiary/aromatic N) is 3. The molecule has 5 nitrogen and oxygen atoms in total. The van der Waals surface area contributed by atoms with Crippen molar-refractivity contribution in [2.24, 2.45) is 11.3 Å². The van der Waals surface area contributed by atoms with E-state index in [0.29, 0.717) is 5.92 Å². The number of carboxylic acids is 1. The highest BCUT2D eigenvalue weighted by Crippen LogP contribution is 2.43. The van der Waals surface area contributed by atoms with Crippen molar-refractivity contribution in [2.45, 2.75) is 46.1 Å². The number of hydrogen-bond donors (Lipinski definition) is 1. The summed E-state index contributed by atoms with van der Waals surface area (Å²) in [6.07, 6.45) is 4.83. The summed E-state index contributed by atoms with van der Waals surface area (Å²) in [4.78, 5) is 10.8. The average Bonchev–Trinajstić information content (AvgIpc) is 2.62. The molecule has 1 N–H and O–H groups in total. The van der Waals surface area contributed by atoms with E-state index in [4.69, 9.17) is 5.11 Å². The van der Waals surface area contributed by atoms with E-state index in [0.717, 1.165) is 12.8 Å². The van der Waals surface area contributed by atoms with Gasteiger partial charge in [0.2, 0.25) is 0 Å². The molecule has 1 fully saturated rings. The van der Waals surface area contributed by atoms with Gasteiger partial charge in [0, 0.05) is 0 Å². The van der Waals surface area contributed by atoms with Crippen LogP contribution in [0, 0.1) is 11.3 Å². The summed E-state index contributed by atoms with van der Waals surface area (Å²) in [6, 6.07) is 0.273. The Bertz CT molecular complexity index is 425. The first-order valence-corrected chi connectivity index (χ1v) is 6.02. The van der Waals surface area contributed by atoms with Gasteiger partial charge in [-0.05, 0) is 30.6 Å². The van der Waals surface area contributed by atoms with Crippen molar-refractivity contribution in [3.63, 3.8) is 0 Å². The lowest BCUT2D eigenvalue weighted by Gasteiger charge is -2.38. The molecule has 0 bridgehead atoms. The molecule has 0 spiro atoms. The molecular formula is C12H19N3O2. The second kappa shape index (κ2) is 4.13. The molecule has 0 radical (unpaired) electrons. The van der Waals surface area contributed by atoms with Gasteiger partial charge in [-0.1, -0.05) is 26.0 Å². The van der Waals surface area contributed by atoms with Crippen molar-refractivity contribution < 1.29 is 9.90 Å². The topological polar surface area (TPSA) is 68.0 Å². The lowest BCUT2D eigenvalue weighted by molar-refractivity contribution is 0.0690. The van der Waals surface area contributed by atoms with Crippen LogP contribution in [0.2, 0.25) is 0 Å². The molecule has 17 heavy (non-hydrogen) atoms. The third kappa shape index (κ3) is 2.65. The van der Waals surface area contributed by atoms with E-state index in [9.17, 15) is 4.79 Å². The van der Waals surface area contributed by atoms with E-state index in [2.05, 4.69) is 31.1 Å². The van der Waals surface area contributed by atoms with Gasteiger partial charge in [0.15, 0.2) is 5.69 Å². The quantitative estimate of drug-likeness (QED) is 0.857. The number of aromatic carboxylic acids is 1. The highest BCUT2D eigenvalue weighted by atomic mass is 16.4. The minimum atomic E-state index is -1.01. The van der Waals surface area contributed by atoms with Crippen molar-refractivity contribution in [3.8, 4) is 0 Å². The summed E-state index contributed by atoms with van der Waals surface area (Å²) in [6.45, 7) is 6.75. The number of aromatic nitrogens is 3. The van der Waals surface area contributed by atoms with Crippen LogP contribution in [0.3, 0.4) is 0 Å². The smallest absolute Gasteiger partial charge is 0.358 e. The molecule has 2 rings (SSSR count). The zero-order chi connectivity index (χ0) is 12.6. The molecule has 1 aromatic rings. The Balaban J connectivity index is 2.18. The van der Waals surface area contributed by atoms with Crippen molar-refractivity contribution in [1.82, 2.24) is 15.0 Å². The first-order chi connectivity index (χ1) is 7.87. The Kier molecular flexibility index (Phi) is 2.93. The minimum Gasteiger partial charge on any atom is -0.476 e. The minimum absolute atomic E-state index is 0.0287. The van der Waals surface area contributed by atoms with Crippen molar-refractivity contribution in [2.75, 3.05) is 0 Å². The van der Waals surface area contributed by atoms with E-state index in [1.807, 2.05) is 0 Å². The van der Waals surface area contributed by atoms with Gasteiger partial charge in [0.05, 0.1) is 12.2 Å². The molecule has 1 saturated carbocycles. The van der Waals surface area contributed by atoms with E-state index in [-0.39, 0.29) is 17.2 Å². The normalized spacial score (nSPS) is 27.9. The van der Waals surface area contributed by atoms with Gasteiger partial charge < -0.3 is 5.11 Å². The van der Waals surface area contributed by atoms with Gasteiger partial charge >= 0.3 is 5.97 Å². The molecule has 0 aliphatic heterocycles. The SMILES string of the molecule is C[C@@H]1C[C@H](n2cc(C(=O)O)nn2)CC(C)(C)C1. The Morgan fingerprint density at radius 1 is 1.53 bits per heavy atom. The van der Waals surface area contributed by atoms with E-state index >= 15 is 0 Å². The molecular weight excluding hydrogens is 218 g/mol. The van der Waals surface area contributed by atoms with E-state index in [1.54, 1.807) is 10.9 Å².